The molecule has 0 unspecified atom stereocenters. The van der Waals surface area contributed by atoms with Gasteiger partial charge in [0.25, 0.3) is 5.91 Å². The lowest BCUT2D eigenvalue weighted by atomic mass is 9.87. The van der Waals surface area contributed by atoms with Gasteiger partial charge < -0.3 is 24.2 Å². The van der Waals surface area contributed by atoms with Crippen molar-refractivity contribution in [1.82, 2.24) is 10.1 Å². The summed E-state index contributed by atoms with van der Waals surface area (Å²) in [4.78, 5) is 27.7. The molecule has 1 atom stereocenters. The fourth-order valence-electron chi connectivity index (χ4n) is 4.71. The van der Waals surface area contributed by atoms with Crippen LogP contribution < -0.4 is 14.8 Å². The van der Waals surface area contributed by atoms with Crippen LogP contribution >= 0.6 is 0 Å². The maximum atomic E-state index is 13.0. The van der Waals surface area contributed by atoms with Crippen LogP contribution in [0.25, 0.3) is 0 Å². The van der Waals surface area contributed by atoms with E-state index in [4.69, 9.17) is 14.0 Å². The number of rotatable bonds is 6. The number of hydrogen-bond donors (Lipinski definition) is 1. The summed E-state index contributed by atoms with van der Waals surface area (Å²) in [5.41, 5.74) is 1.20. The van der Waals surface area contributed by atoms with Crippen LogP contribution in [0.3, 0.4) is 0 Å². The molecule has 2 fully saturated rings. The van der Waals surface area contributed by atoms with E-state index in [2.05, 4.69) is 10.5 Å². The van der Waals surface area contributed by atoms with E-state index in [0.29, 0.717) is 29.4 Å². The summed E-state index contributed by atoms with van der Waals surface area (Å²) in [5.74, 6) is 1.35. The highest BCUT2D eigenvalue weighted by Crippen LogP contribution is 2.32. The predicted octanol–water partition coefficient (Wildman–Crippen LogP) is 4.23. The number of nitrogens with one attached hydrogen (secondary N) is 1. The number of nitrogens with zero attached hydrogens (tertiary/aromatic N) is 2. The van der Waals surface area contributed by atoms with Gasteiger partial charge in [0.1, 0.15) is 11.5 Å². The number of amides is 2. The monoisotopic (exact) mass is 441 g/mol. The van der Waals surface area contributed by atoms with E-state index < -0.39 is 5.91 Å². The molecular weight excluding hydrogens is 410 g/mol. The van der Waals surface area contributed by atoms with Gasteiger partial charge in [0.2, 0.25) is 11.7 Å². The summed E-state index contributed by atoms with van der Waals surface area (Å²) in [7, 11) is 3.09. The largest absolute Gasteiger partial charge is 0.497 e. The second-order valence-corrected chi connectivity index (χ2v) is 8.59. The Labute approximate surface area is 188 Å². The summed E-state index contributed by atoms with van der Waals surface area (Å²) < 4.78 is 15.9. The minimum atomic E-state index is -0.416. The fraction of sp³-hybridized carbons (Fsp3) is 0.542. The molecule has 0 spiro atoms. The minimum Gasteiger partial charge on any atom is -0.497 e. The maximum absolute atomic E-state index is 13.0. The third-order valence-electron chi connectivity index (χ3n) is 6.51. The summed E-state index contributed by atoms with van der Waals surface area (Å²) in [6, 6.07) is 6.84. The molecule has 2 amide bonds. The molecule has 1 aromatic heterocycles. The van der Waals surface area contributed by atoms with Gasteiger partial charge in [-0.05, 0) is 37.8 Å². The van der Waals surface area contributed by atoms with Gasteiger partial charge in [-0.25, -0.2) is 0 Å². The van der Waals surface area contributed by atoms with Crippen LogP contribution in [0.4, 0.5) is 5.69 Å². The number of aromatic nitrogens is 1. The smallest absolute Gasteiger partial charge is 0.294 e. The molecule has 1 saturated carbocycles. The topological polar surface area (TPSA) is 93.9 Å². The van der Waals surface area contributed by atoms with Gasteiger partial charge in [-0.2, -0.15) is 0 Å². The standard InChI is InChI=1S/C24H31N3O5/c1-30-18-10-11-21(31-2)20(13-18)25-23(28)22-14-19(26-32-22)17-9-6-12-27(15-17)24(29)16-7-4-3-5-8-16/h10-11,13-14,16-17H,3-9,12,15H2,1-2H3,(H,25,28)/t17-/m1/s1. The lowest BCUT2D eigenvalue weighted by Gasteiger charge is -2.35. The van der Waals surface area contributed by atoms with Crippen LogP contribution in [0, 0.1) is 5.92 Å². The number of anilines is 1. The summed E-state index contributed by atoms with van der Waals surface area (Å²) in [6.07, 6.45) is 7.38. The Hall–Kier alpha value is -3.03. The molecule has 1 aromatic carbocycles. The Bertz CT molecular complexity index is 951. The average Bonchev–Trinajstić information content (AvgIpc) is 3.35. The van der Waals surface area contributed by atoms with Crippen molar-refractivity contribution in [3.63, 3.8) is 0 Å². The molecule has 1 aliphatic heterocycles. The maximum Gasteiger partial charge on any atom is 0.294 e. The number of piperidine rings is 1. The zero-order valence-electron chi connectivity index (χ0n) is 18.8. The first kappa shape index (κ1) is 22.2. The number of methoxy groups -OCH3 is 2. The number of carbonyl (C=O) groups excluding carboxylic acids is 2. The van der Waals surface area contributed by atoms with Gasteiger partial charge in [-0.1, -0.05) is 24.4 Å². The van der Waals surface area contributed by atoms with E-state index >= 15 is 0 Å². The Morgan fingerprint density at radius 2 is 1.88 bits per heavy atom. The minimum absolute atomic E-state index is 0.0768. The molecule has 1 N–H and O–H groups in total. The van der Waals surface area contributed by atoms with Gasteiger partial charge in [-0.3, -0.25) is 9.59 Å². The molecule has 8 heteroatoms. The van der Waals surface area contributed by atoms with Crippen molar-refractivity contribution < 1.29 is 23.6 Å². The second-order valence-electron chi connectivity index (χ2n) is 8.59. The first-order valence-corrected chi connectivity index (χ1v) is 11.4. The third kappa shape index (κ3) is 4.89. The van der Waals surface area contributed by atoms with E-state index in [1.165, 1.54) is 13.5 Å². The quantitative estimate of drug-likeness (QED) is 0.721. The Balaban J connectivity index is 1.42. The van der Waals surface area contributed by atoms with Crippen LogP contribution in [0.5, 0.6) is 11.5 Å². The molecule has 4 rings (SSSR count). The molecule has 2 heterocycles. The van der Waals surface area contributed by atoms with Crippen molar-refractivity contribution in [2.45, 2.75) is 50.9 Å². The van der Waals surface area contributed by atoms with E-state index in [1.54, 1.807) is 31.4 Å². The van der Waals surface area contributed by atoms with Crippen molar-refractivity contribution >= 4 is 17.5 Å². The zero-order chi connectivity index (χ0) is 22.5. The van der Waals surface area contributed by atoms with Gasteiger partial charge >= 0.3 is 0 Å². The van der Waals surface area contributed by atoms with Gasteiger partial charge in [0, 0.05) is 37.1 Å². The molecule has 2 aliphatic rings. The summed E-state index contributed by atoms with van der Waals surface area (Å²) >= 11 is 0. The Morgan fingerprint density at radius 1 is 1.06 bits per heavy atom. The van der Waals surface area contributed by atoms with Crippen molar-refractivity contribution in [1.29, 1.82) is 0 Å². The highest BCUT2D eigenvalue weighted by Gasteiger charge is 2.31. The Kier molecular flexibility index (Phi) is 6.97. The number of hydrogen-bond acceptors (Lipinski definition) is 6. The SMILES string of the molecule is COc1ccc(OC)c(NC(=O)c2cc([C@@H]3CCCN(C(=O)C4CCCCC4)C3)no2)c1. The highest BCUT2D eigenvalue weighted by molar-refractivity contribution is 6.03. The van der Waals surface area contributed by atoms with E-state index in [-0.39, 0.29) is 23.5 Å². The third-order valence-corrected chi connectivity index (χ3v) is 6.51. The number of benzene rings is 1. The molecule has 172 valence electrons. The van der Waals surface area contributed by atoms with E-state index in [9.17, 15) is 9.59 Å². The van der Waals surface area contributed by atoms with Crippen molar-refractivity contribution in [3.05, 3.63) is 35.7 Å². The Morgan fingerprint density at radius 3 is 2.62 bits per heavy atom. The van der Waals surface area contributed by atoms with Gasteiger partial charge in [-0.15, -0.1) is 0 Å². The van der Waals surface area contributed by atoms with E-state index in [1.807, 2.05) is 4.90 Å². The first-order chi connectivity index (χ1) is 15.6. The van der Waals surface area contributed by atoms with Crippen LogP contribution in [-0.4, -0.2) is 49.2 Å². The average molecular weight is 442 g/mol. The highest BCUT2D eigenvalue weighted by atomic mass is 16.5. The van der Waals surface area contributed by atoms with Crippen molar-refractivity contribution in [3.8, 4) is 11.5 Å². The predicted molar refractivity (Wildman–Crippen MR) is 119 cm³/mol. The number of carbonyl (C=O) groups is 2. The normalized spacial score (nSPS) is 19.4. The second kappa shape index (κ2) is 10.1. The molecule has 2 aromatic rings. The lowest BCUT2D eigenvalue weighted by molar-refractivity contribution is -0.137. The van der Waals surface area contributed by atoms with Crippen molar-refractivity contribution in [2.24, 2.45) is 5.92 Å². The number of ether oxygens (including phenoxy) is 2. The van der Waals surface area contributed by atoms with E-state index in [0.717, 1.165) is 45.1 Å². The first-order valence-electron chi connectivity index (χ1n) is 11.4. The number of likely N-dealkylation sites (tertiary alicyclic amines) is 1. The molecule has 0 radical (unpaired) electrons. The molecule has 1 aliphatic carbocycles. The molecule has 1 saturated heterocycles. The van der Waals surface area contributed by atoms with Crippen LogP contribution in [-0.2, 0) is 4.79 Å². The van der Waals surface area contributed by atoms with Crippen LogP contribution in [0.2, 0.25) is 0 Å². The lowest BCUT2D eigenvalue weighted by Crippen LogP contribution is -2.42. The van der Waals surface area contributed by atoms with Crippen LogP contribution in [0.15, 0.2) is 28.8 Å². The molecular formula is C24H31N3O5. The molecule has 0 bridgehead atoms. The van der Waals surface area contributed by atoms with Crippen LogP contribution in [0.1, 0.15) is 67.1 Å². The zero-order valence-corrected chi connectivity index (χ0v) is 18.8. The summed E-state index contributed by atoms with van der Waals surface area (Å²) in [6.45, 7) is 1.43. The van der Waals surface area contributed by atoms with Gasteiger partial charge in [0.05, 0.1) is 25.6 Å². The fourth-order valence-corrected chi connectivity index (χ4v) is 4.71. The summed E-state index contributed by atoms with van der Waals surface area (Å²) in [5, 5.41) is 6.95. The van der Waals surface area contributed by atoms with Crippen molar-refractivity contribution in [2.75, 3.05) is 32.6 Å². The molecule has 8 nitrogen and oxygen atoms in total. The van der Waals surface area contributed by atoms with Gasteiger partial charge in [0.15, 0.2) is 0 Å². The molecule has 32 heavy (non-hydrogen) atoms.